The van der Waals surface area contributed by atoms with Crippen molar-refractivity contribution in [1.82, 2.24) is 0 Å². The highest BCUT2D eigenvalue weighted by atomic mass is 16.4. The molecule has 0 saturated heterocycles. The van der Waals surface area contributed by atoms with E-state index in [0.29, 0.717) is 11.1 Å². The molecule has 0 saturated carbocycles. The maximum absolute atomic E-state index is 10.5. The standard InChI is InChI=1S/C9H12N2O2/c10-5-6-1-3-7(4-2-6)8(11)9(12)13/h1-4,8H,5,10-11H2,(H,12,13)/i5D. The van der Waals surface area contributed by atoms with Crippen LogP contribution in [0.3, 0.4) is 0 Å². The summed E-state index contributed by atoms with van der Waals surface area (Å²) in [5.41, 5.74) is 11.8. The molecule has 0 heterocycles. The van der Waals surface area contributed by atoms with Crippen LogP contribution in [0.4, 0.5) is 0 Å². The van der Waals surface area contributed by atoms with Gasteiger partial charge in [-0.15, -0.1) is 0 Å². The second-order valence-corrected chi connectivity index (χ2v) is 2.65. The molecule has 0 spiro atoms. The first-order chi connectivity index (χ1) is 6.52. The summed E-state index contributed by atoms with van der Waals surface area (Å²) in [6.45, 7) is -0.801. The molecule has 0 fully saturated rings. The van der Waals surface area contributed by atoms with Crippen LogP contribution in [-0.2, 0) is 11.3 Å². The molecule has 70 valence electrons. The summed E-state index contributed by atoms with van der Waals surface area (Å²) >= 11 is 0. The number of carboxylic acid groups (broad SMARTS) is 1. The zero-order valence-corrected chi connectivity index (χ0v) is 6.97. The molecule has 1 aromatic carbocycles. The molecule has 0 aliphatic heterocycles. The van der Waals surface area contributed by atoms with Crippen molar-refractivity contribution in [3.63, 3.8) is 0 Å². The van der Waals surface area contributed by atoms with Crippen LogP contribution in [0.5, 0.6) is 0 Å². The molecular formula is C9H12N2O2. The SMILES string of the molecule is [2H]C(N)c1ccc(C(N)C(=O)O)cc1. The minimum Gasteiger partial charge on any atom is -0.480 e. The maximum atomic E-state index is 10.5. The Balaban J connectivity index is 2.88. The first kappa shape index (κ1) is 8.22. The van der Waals surface area contributed by atoms with Gasteiger partial charge in [0.05, 0.1) is 0 Å². The topological polar surface area (TPSA) is 89.3 Å². The third kappa shape index (κ3) is 2.27. The normalized spacial score (nSPS) is 16.0. The second kappa shape index (κ2) is 4.02. The number of nitrogens with two attached hydrogens (primary N) is 2. The summed E-state index contributed by atoms with van der Waals surface area (Å²) in [5, 5.41) is 8.63. The number of carbonyl (C=O) groups is 1. The molecule has 0 radical (unpaired) electrons. The van der Waals surface area contributed by atoms with Crippen LogP contribution in [0.2, 0.25) is 0 Å². The molecule has 4 nitrogen and oxygen atoms in total. The number of aliphatic carboxylic acids is 1. The average molecular weight is 181 g/mol. The number of hydrogen-bond acceptors (Lipinski definition) is 3. The van der Waals surface area contributed by atoms with E-state index in [9.17, 15) is 4.79 Å². The van der Waals surface area contributed by atoms with Crippen molar-refractivity contribution in [1.29, 1.82) is 0 Å². The average Bonchev–Trinajstić information content (AvgIpc) is 2.16. The van der Waals surface area contributed by atoms with Gasteiger partial charge in [0, 0.05) is 7.89 Å². The number of hydrogen-bond donors (Lipinski definition) is 3. The first-order valence-electron chi connectivity index (χ1n) is 4.36. The summed E-state index contributed by atoms with van der Waals surface area (Å²) in [6, 6.07) is 5.34. The lowest BCUT2D eigenvalue weighted by Crippen LogP contribution is -2.20. The summed E-state index contributed by atoms with van der Waals surface area (Å²) in [4.78, 5) is 10.5. The molecule has 5 N–H and O–H groups in total. The lowest BCUT2D eigenvalue weighted by atomic mass is 10.1. The van der Waals surface area contributed by atoms with Crippen LogP contribution >= 0.6 is 0 Å². The molecule has 2 atom stereocenters. The van der Waals surface area contributed by atoms with Crippen LogP contribution in [0.25, 0.3) is 0 Å². The Morgan fingerprint density at radius 3 is 2.46 bits per heavy atom. The summed E-state index contributed by atoms with van der Waals surface area (Å²) in [5.74, 6) is -1.08. The van der Waals surface area contributed by atoms with Crippen LogP contribution in [0, 0.1) is 0 Å². The van der Waals surface area contributed by atoms with E-state index in [1.165, 1.54) is 0 Å². The Hall–Kier alpha value is -1.39. The van der Waals surface area contributed by atoms with Crippen molar-refractivity contribution in [3.05, 3.63) is 35.4 Å². The van der Waals surface area contributed by atoms with Crippen molar-refractivity contribution >= 4 is 5.97 Å². The predicted molar refractivity (Wildman–Crippen MR) is 48.9 cm³/mol. The molecule has 0 bridgehead atoms. The Kier molecular flexibility index (Phi) is 2.54. The van der Waals surface area contributed by atoms with E-state index in [0.717, 1.165) is 0 Å². The Labute approximate surface area is 77.6 Å². The van der Waals surface area contributed by atoms with Gasteiger partial charge in [0.25, 0.3) is 0 Å². The van der Waals surface area contributed by atoms with Gasteiger partial charge in [0.2, 0.25) is 0 Å². The highest BCUT2D eigenvalue weighted by molar-refractivity contribution is 5.75. The van der Waals surface area contributed by atoms with Gasteiger partial charge >= 0.3 is 5.97 Å². The number of benzene rings is 1. The van der Waals surface area contributed by atoms with Gasteiger partial charge in [-0.05, 0) is 11.1 Å². The Morgan fingerprint density at radius 2 is 2.08 bits per heavy atom. The van der Waals surface area contributed by atoms with Crippen LogP contribution in [0.1, 0.15) is 18.5 Å². The van der Waals surface area contributed by atoms with Gasteiger partial charge < -0.3 is 16.6 Å². The maximum Gasteiger partial charge on any atom is 0.325 e. The number of carboxylic acids is 1. The fraction of sp³-hybridized carbons (Fsp3) is 0.222. The van der Waals surface area contributed by atoms with Crippen molar-refractivity contribution < 1.29 is 11.3 Å². The van der Waals surface area contributed by atoms with E-state index in [4.69, 9.17) is 17.9 Å². The largest absolute Gasteiger partial charge is 0.480 e. The van der Waals surface area contributed by atoms with E-state index in [2.05, 4.69) is 0 Å². The molecular weight excluding hydrogens is 168 g/mol. The van der Waals surface area contributed by atoms with Crippen molar-refractivity contribution in [3.8, 4) is 0 Å². The molecule has 1 aromatic rings. The Morgan fingerprint density at radius 1 is 1.54 bits per heavy atom. The van der Waals surface area contributed by atoms with Gasteiger partial charge in [0.1, 0.15) is 6.04 Å². The molecule has 0 aromatic heterocycles. The zero-order chi connectivity index (χ0) is 10.7. The lowest BCUT2D eigenvalue weighted by Gasteiger charge is -2.06. The van der Waals surface area contributed by atoms with Crippen LogP contribution in [-0.4, -0.2) is 11.1 Å². The Bertz CT molecular complexity index is 324. The van der Waals surface area contributed by atoms with E-state index in [1.807, 2.05) is 0 Å². The third-order valence-electron chi connectivity index (χ3n) is 1.75. The van der Waals surface area contributed by atoms with Gasteiger partial charge in [0.15, 0.2) is 0 Å². The monoisotopic (exact) mass is 181 g/mol. The quantitative estimate of drug-likeness (QED) is 0.622. The van der Waals surface area contributed by atoms with Crippen LogP contribution < -0.4 is 11.5 Å². The summed E-state index contributed by atoms with van der Waals surface area (Å²) < 4.78 is 7.21. The van der Waals surface area contributed by atoms with Crippen molar-refractivity contribution in [2.24, 2.45) is 11.5 Å². The zero-order valence-electron chi connectivity index (χ0n) is 7.97. The molecule has 0 aliphatic carbocycles. The lowest BCUT2D eigenvalue weighted by molar-refractivity contribution is -0.138. The highest BCUT2D eigenvalue weighted by Crippen LogP contribution is 2.11. The van der Waals surface area contributed by atoms with E-state index in [1.54, 1.807) is 24.3 Å². The fourth-order valence-electron chi connectivity index (χ4n) is 0.957. The molecule has 13 heavy (non-hydrogen) atoms. The minimum absolute atomic E-state index is 0.502. The molecule has 4 heteroatoms. The van der Waals surface area contributed by atoms with Crippen molar-refractivity contribution in [2.45, 2.75) is 12.6 Å². The van der Waals surface area contributed by atoms with E-state index in [-0.39, 0.29) is 0 Å². The second-order valence-electron chi connectivity index (χ2n) is 2.65. The minimum atomic E-state index is -1.08. The van der Waals surface area contributed by atoms with Gasteiger partial charge in [-0.1, -0.05) is 24.3 Å². The molecule has 0 amide bonds. The first-order valence-corrected chi connectivity index (χ1v) is 3.78. The van der Waals surface area contributed by atoms with E-state index < -0.39 is 18.5 Å². The molecule has 1 rings (SSSR count). The van der Waals surface area contributed by atoms with Crippen LogP contribution in [0.15, 0.2) is 24.3 Å². The fourth-order valence-corrected chi connectivity index (χ4v) is 0.957. The summed E-state index contributed by atoms with van der Waals surface area (Å²) in [7, 11) is 0. The van der Waals surface area contributed by atoms with Gasteiger partial charge in [-0.3, -0.25) is 4.79 Å². The predicted octanol–water partition coefficient (Wildman–Crippen LogP) is 0.230. The van der Waals surface area contributed by atoms with Gasteiger partial charge in [-0.2, -0.15) is 0 Å². The van der Waals surface area contributed by atoms with Crippen molar-refractivity contribution in [2.75, 3.05) is 0 Å². The van der Waals surface area contributed by atoms with Gasteiger partial charge in [-0.25, -0.2) is 0 Å². The smallest absolute Gasteiger partial charge is 0.325 e. The number of rotatable bonds is 3. The molecule has 2 unspecified atom stereocenters. The highest BCUT2D eigenvalue weighted by Gasteiger charge is 2.12. The van der Waals surface area contributed by atoms with E-state index >= 15 is 0 Å². The summed E-state index contributed by atoms with van der Waals surface area (Å²) in [6.07, 6.45) is 0. The third-order valence-corrected chi connectivity index (χ3v) is 1.75. The molecule has 0 aliphatic rings.